The van der Waals surface area contributed by atoms with Crippen molar-refractivity contribution in [3.05, 3.63) is 129 Å². The summed E-state index contributed by atoms with van der Waals surface area (Å²) >= 11 is 6.21. The maximum Gasteiger partial charge on any atom is 0.309 e. The highest BCUT2D eigenvalue weighted by atomic mass is 35.5. The van der Waals surface area contributed by atoms with Gasteiger partial charge in [0.25, 0.3) is 5.56 Å². The van der Waals surface area contributed by atoms with Crippen LogP contribution in [0.2, 0.25) is 5.02 Å². The largest absolute Gasteiger partial charge is 0.469 e. The van der Waals surface area contributed by atoms with Crippen LogP contribution in [-0.4, -0.2) is 49.4 Å². The van der Waals surface area contributed by atoms with Gasteiger partial charge in [0.15, 0.2) is 0 Å². The molecule has 0 spiro atoms. The maximum absolute atomic E-state index is 13.2. The van der Waals surface area contributed by atoms with Crippen LogP contribution in [0.5, 0.6) is 0 Å². The molecule has 3 aromatic carbocycles. The second kappa shape index (κ2) is 13.5. The zero-order valence-electron chi connectivity index (χ0n) is 23.0. The van der Waals surface area contributed by atoms with Crippen LogP contribution in [0.15, 0.2) is 96.1 Å². The fraction of sp³-hybridized carbons (Fsp3) is 0.129. The molecule has 0 bridgehead atoms. The molecule has 0 fully saturated rings. The van der Waals surface area contributed by atoms with Gasteiger partial charge in [-0.25, -0.2) is 5.10 Å². The Morgan fingerprint density at radius 1 is 1.05 bits per heavy atom. The number of aromatic nitrogens is 6. The Bertz CT molecular complexity index is 1800. The molecule has 2 N–H and O–H groups in total. The third kappa shape index (κ3) is 7.46. The Morgan fingerprint density at radius 3 is 2.56 bits per heavy atom. The first-order valence-corrected chi connectivity index (χ1v) is 13.6. The van der Waals surface area contributed by atoms with Crippen LogP contribution >= 0.6 is 11.6 Å². The molecule has 1 unspecified atom stereocenters. The van der Waals surface area contributed by atoms with E-state index in [2.05, 4.69) is 31.0 Å². The van der Waals surface area contributed by atoms with Crippen LogP contribution in [0.4, 0.5) is 0 Å². The lowest BCUT2D eigenvalue weighted by Gasteiger charge is -2.18. The van der Waals surface area contributed by atoms with Crippen molar-refractivity contribution in [1.82, 2.24) is 35.7 Å². The molecule has 1 amide bonds. The Labute approximate surface area is 251 Å². The number of H-pyrrole nitrogens is 1. The van der Waals surface area contributed by atoms with Crippen molar-refractivity contribution in [2.45, 2.75) is 18.9 Å². The van der Waals surface area contributed by atoms with Crippen LogP contribution in [0, 0.1) is 0 Å². The monoisotopic (exact) mass is 595 g/mol. The number of tetrazole rings is 1. The van der Waals surface area contributed by atoms with Crippen molar-refractivity contribution in [3.8, 4) is 16.9 Å². The number of carbonyl (C=O) groups excluding carboxylic acids is 2. The lowest BCUT2D eigenvalue weighted by Crippen LogP contribution is -2.33. The molecule has 0 aliphatic carbocycles. The van der Waals surface area contributed by atoms with Crippen molar-refractivity contribution in [2.75, 3.05) is 7.11 Å². The molecule has 0 saturated carbocycles. The number of aromatic amines is 1. The highest BCUT2D eigenvalue weighted by Crippen LogP contribution is 2.23. The Hall–Kier alpha value is -5.42. The summed E-state index contributed by atoms with van der Waals surface area (Å²) in [5.41, 5.74) is 4.11. The summed E-state index contributed by atoms with van der Waals surface area (Å²) in [4.78, 5) is 37.9. The average Bonchev–Trinajstić information content (AvgIpc) is 3.56. The average molecular weight is 596 g/mol. The second-order valence-corrected chi connectivity index (χ2v) is 9.97. The normalized spacial score (nSPS) is 11.8. The number of ether oxygens (including phenoxy) is 1. The van der Waals surface area contributed by atoms with E-state index in [1.54, 1.807) is 42.5 Å². The molecule has 0 saturated heterocycles. The molecular formula is C31H26ClN7O4. The molecule has 12 heteroatoms. The van der Waals surface area contributed by atoms with Gasteiger partial charge in [-0.05, 0) is 58.3 Å². The highest BCUT2D eigenvalue weighted by Gasteiger charge is 2.20. The smallest absolute Gasteiger partial charge is 0.309 e. The third-order valence-electron chi connectivity index (χ3n) is 6.63. The Kier molecular flexibility index (Phi) is 9.13. The van der Waals surface area contributed by atoms with Crippen molar-refractivity contribution in [1.29, 1.82) is 0 Å². The molecular weight excluding hydrogens is 570 g/mol. The summed E-state index contributed by atoms with van der Waals surface area (Å²) < 4.78 is 6.19. The van der Waals surface area contributed by atoms with E-state index in [1.165, 1.54) is 24.2 Å². The van der Waals surface area contributed by atoms with E-state index < -0.39 is 17.5 Å². The van der Waals surface area contributed by atoms with Gasteiger partial charge in [-0.1, -0.05) is 66.2 Å². The number of amides is 1. The van der Waals surface area contributed by atoms with E-state index in [1.807, 2.05) is 42.5 Å². The van der Waals surface area contributed by atoms with Crippen LogP contribution in [0.1, 0.15) is 28.3 Å². The van der Waals surface area contributed by atoms with Crippen LogP contribution < -0.4 is 10.9 Å². The van der Waals surface area contributed by atoms with Crippen LogP contribution in [0.25, 0.3) is 23.0 Å². The fourth-order valence-corrected chi connectivity index (χ4v) is 4.65. The number of nitrogens with one attached hydrogen (secondary N) is 2. The fourth-order valence-electron chi connectivity index (χ4n) is 4.47. The Morgan fingerprint density at radius 2 is 1.84 bits per heavy atom. The molecule has 2 aromatic heterocycles. The van der Waals surface area contributed by atoms with Gasteiger partial charge in [-0.3, -0.25) is 14.4 Å². The zero-order valence-corrected chi connectivity index (χ0v) is 23.7. The minimum Gasteiger partial charge on any atom is -0.469 e. The van der Waals surface area contributed by atoms with Crippen molar-refractivity contribution in [3.63, 3.8) is 0 Å². The van der Waals surface area contributed by atoms with Crippen molar-refractivity contribution in [2.24, 2.45) is 0 Å². The number of methoxy groups -OCH3 is 1. The molecule has 11 nitrogen and oxygen atoms in total. The number of halogens is 1. The predicted molar refractivity (Wildman–Crippen MR) is 160 cm³/mol. The summed E-state index contributed by atoms with van der Waals surface area (Å²) in [6, 6.07) is 22.9. The van der Waals surface area contributed by atoms with Crippen LogP contribution in [-0.2, 0) is 27.2 Å². The molecule has 216 valence electrons. The predicted octanol–water partition coefficient (Wildman–Crippen LogP) is 3.89. The van der Waals surface area contributed by atoms with Gasteiger partial charge in [0.1, 0.15) is 6.33 Å². The maximum atomic E-state index is 13.2. The summed E-state index contributed by atoms with van der Waals surface area (Å²) in [6.45, 7) is 0. The summed E-state index contributed by atoms with van der Waals surface area (Å²) in [7, 11) is 1.34. The lowest BCUT2D eigenvalue weighted by molar-refractivity contribution is -0.139. The number of nitrogens with zero attached hydrogens (tertiary/aromatic N) is 5. The number of benzene rings is 3. The van der Waals surface area contributed by atoms with Crippen molar-refractivity contribution < 1.29 is 14.3 Å². The number of carbonyl (C=O) groups is 2. The molecule has 5 aromatic rings. The quantitative estimate of drug-likeness (QED) is 0.183. The molecule has 2 heterocycles. The molecule has 0 aliphatic rings. The van der Waals surface area contributed by atoms with E-state index >= 15 is 0 Å². The summed E-state index contributed by atoms with van der Waals surface area (Å²) in [5, 5.41) is 21.5. The lowest BCUT2D eigenvalue weighted by atomic mass is 9.98. The van der Waals surface area contributed by atoms with Gasteiger partial charge < -0.3 is 10.1 Å². The number of hydrogen-bond acceptors (Lipinski definition) is 8. The first kappa shape index (κ1) is 29.1. The molecule has 0 radical (unpaired) electrons. The zero-order chi connectivity index (χ0) is 30.2. The van der Waals surface area contributed by atoms with Gasteiger partial charge in [0.05, 0.1) is 31.0 Å². The van der Waals surface area contributed by atoms with Gasteiger partial charge >= 0.3 is 5.97 Å². The van der Waals surface area contributed by atoms with Gasteiger partial charge in [0.2, 0.25) is 5.91 Å². The number of esters is 1. The van der Waals surface area contributed by atoms with E-state index in [4.69, 9.17) is 16.3 Å². The SMILES string of the molecule is COC(=O)Cc1ccc(-c2cc(C(Cc3ccccc3)NC(=O)/C=C/c3cc(Cl)ccc3-n3cnnn3)c(=O)[nH]n2)cc1. The minimum absolute atomic E-state index is 0.145. The first-order chi connectivity index (χ1) is 20.9. The summed E-state index contributed by atoms with van der Waals surface area (Å²) in [6.07, 6.45) is 4.92. The summed E-state index contributed by atoms with van der Waals surface area (Å²) in [5.74, 6) is -0.763. The van der Waals surface area contributed by atoms with Gasteiger partial charge in [-0.2, -0.15) is 9.78 Å². The standard InChI is InChI=1S/C31H26ClN7O4/c1-43-30(41)16-21-7-9-22(10-8-21)26-18-25(31(42)36-35-26)27(15-20-5-3-2-4-6-20)34-29(40)14-11-23-17-24(32)12-13-28(23)39-19-33-37-38-39/h2-14,17-19,27H,15-16H2,1H3,(H,34,40)(H,36,42)/b14-11+. The van der Waals surface area contributed by atoms with Crippen LogP contribution in [0.3, 0.4) is 0 Å². The van der Waals surface area contributed by atoms with E-state index in [0.717, 1.165) is 16.7 Å². The van der Waals surface area contributed by atoms with E-state index in [0.29, 0.717) is 34.0 Å². The highest BCUT2D eigenvalue weighted by molar-refractivity contribution is 6.30. The molecule has 43 heavy (non-hydrogen) atoms. The van der Waals surface area contributed by atoms with E-state index in [9.17, 15) is 14.4 Å². The second-order valence-electron chi connectivity index (χ2n) is 9.53. The van der Waals surface area contributed by atoms with E-state index in [-0.39, 0.29) is 12.4 Å². The molecule has 0 aliphatic heterocycles. The minimum atomic E-state index is -0.679. The van der Waals surface area contributed by atoms with Gasteiger partial charge in [-0.15, -0.1) is 5.10 Å². The third-order valence-corrected chi connectivity index (χ3v) is 6.87. The Balaban J connectivity index is 1.43. The topological polar surface area (TPSA) is 145 Å². The molecule has 1 atom stereocenters. The first-order valence-electron chi connectivity index (χ1n) is 13.2. The number of rotatable bonds is 10. The van der Waals surface area contributed by atoms with Crippen molar-refractivity contribution >= 4 is 29.6 Å². The molecule has 5 rings (SSSR count). The van der Waals surface area contributed by atoms with Gasteiger partial charge in [0, 0.05) is 27.8 Å². The number of hydrogen-bond donors (Lipinski definition) is 2.